The molecule has 2 aliphatic heterocycles. The van der Waals surface area contributed by atoms with E-state index in [1.165, 1.54) is 30.5 Å². The van der Waals surface area contributed by atoms with Gasteiger partial charge in [-0.15, -0.1) is 0 Å². The van der Waals surface area contributed by atoms with Crippen molar-refractivity contribution in [3.63, 3.8) is 0 Å². The first-order chi connectivity index (χ1) is 16.1. The van der Waals surface area contributed by atoms with Crippen molar-refractivity contribution in [1.82, 2.24) is 10.2 Å². The van der Waals surface area contributed by atoms with Crippen LogP contribution in [-0.2, 0) is 16.6 Å². The number of para-hydroxylation sites is 1. The molecule has 6 nitrogen and oxygen atoms in total. The van der Waals surface area contributed by atoms with Crippen molar-refractivity contribution in [2.45, 2.75) is 55.7 Å². The Morgan fingerprint density at radius 2 is 2.06 bits per heavy atom. The van der Waals surface area contributed by atoms with Gasteiger partial charge in [0.1, 0.15) is 5.75 Å². The van der Waals surface area contributed by atoms with Crippen LogP contribution in [0.15, 0.2) is 48.5 Å². The smallest absolute Gasteiger partial charge is 0.319 e. The van der Waals surface area contributed by atoms with Crippen molar-refractivity contribution >= 4 is 11.7 Å². The van der Waals surface area contributed by atoms with Gasteiger partial charge >= 0.3 is 6.03 Å². The first-order valence-electron chi connectivity index (χ1n) is 12.3. The van der Waals surface area contributed by atoms with Gasteiger partial charge in [-0.25, -0.2) is 4.79 Å². The monoisotopic (exact) mass is 447 g/mol. The van der Waals surface area contributed by atoms with Crippen LogP contribution in [0, 0.1) is 5.92 Å². The van der Waals surface area contributed by atoms with Gasteiger partial charge in [-0.3, -0.25) is 4.90 Å². The SMILES string of the molecule is COc1ccc2c(c1)[C@]13CCN(CC4CC4)[C@H](C2)C1OCC(NC(=O)Nc1ccccc1)C3. The number of carbonyl (C=O) groups excluding carboxylic acids is 1. The molecule has 0 aromatic heterocycles. The highest BCUT2D eigenvalue weighted by Gasteiger charge is 2.57. The number of nitrogens with zero attached hydrogens (tertiary/aromatic N) is 1. The Labute approximate surface area is 195 Å². The Bertz CT molecular complexity index is 1020. The van der Waals surface area contributed by atoms with E-state index in [9.17, 15) is 4.79 Å². The molecule has 2 aromatic rings. The van der Waals surface area contributed by atoms with Crippen LogP contribution in [0.1, 0.15) is 36.8 Å². The van der Waals surface area contributed by atoms with E-state index < -0.39 is 0 Å². The summed E-state index contributed by atoms with van der Waals surface area (Å²) in [4.78, 5) is 15.4. The molecule has 2 amide bonds. The van der Waals surface area contributed by atoms with Crippen LogP contribution in [0.4, 0.5) is 10.5 Å². The summed E-state index contributed by atoms with van der Waals surface area (Å²) in [6.07, 6.45) is 5.89. The number of methoxy groups -OCH3 is 1. The minimum atomic E-state index is -0.172. The summed E-state index contributed by atoms with van der Waals surface area (Å²) in [6, 6.07) is 16.4. The van der Waals surface area contributed by atoms with Gasteiger partial charge in [0.15, 0.2) is 0 Å². The second-order valence-corrected chi connectivity index (χ2v) is 10.3. The zero-order chi connectivity index (χ0) is 22.4. The molecule has 0 spiro atoms. The molecule has 2 unspecified atom stereocenters. The van der Waals surface area contributed by atoms with Gasteiger partial charge in [-0.2, -0.15) is 0 Å². The summed E-state index contributed by atoms with van der Waals surface area (Å²) in [6.45, 7) is 2.86. The average molecular weight is 448 g/mol. The number of piperidine rings is 1. The summed E-state index contributed by atoms with van der Waals surface area (Å²) in [5.74, 6) is 1.77. The lowest BCUT2D eigenvalue weighted by atomic mass is 9.58. The maximum absolute atomic E-state index is 12.7. The molecule has 6 rings (SSSR count). The van der Waals surface area contributed by atoms with Crippen molar-refractivity contribution in [1.29, 1.82) is 0 Å². The van der Waals surface area contributed by atoms with Gasteiger partial charge in [0.2, 0.25) is 0 Å². The van der Waals surface area contributed by atoms with E-state index in [1.54, 1.807) is 7.11 Å². The van der Waals surface area contributed by atoms with Crippen LogP contribution in [0.3, 0.4) is 0 Å². The number of hydrogen-bond acceptors (Lipinski definition) is 4. The van der Waals surface area contributed by atoms with Crippen LogP contribution in [0.25, 0.3) is 0 Å². The zero-order valence-electron chi connectivity index (χ0n) is 19.3. The molecule has 3 fully saturated rings. The molecule has 2 N–H and O–H groups in total. The maximum atomic E-state index is 12.7. The third-order valence-electron chi connectivity index (χ3n) is 8.13. The van der Waals surface area contributed by atoms with Gasteiger partial charge in [-0.1, -0.05) is 24.3 Å². The molecule has 2 aromatic carbocycles. The fourth-order valence-corrected chi connectivity index (χ4v) is 6.43. The van der Waals surface area contributed by atoms with E-state index in [0.29, 0.717) is 12.6 Å². The van der Waals surface area contributed by atoms with E-state index in [2.05, 4.69) is 33.7 Å². The molecular weight excluding hydrogens is 414 g/mol. The Kier molecular flexibility index (Phi) is 5.30. The van der Waals surface area contributed by atoms with E-state index in [0.717, 1.165) is 43.2 Å². The van der Waals surface area contributed by atoms with Crippen molar-refractivity contribution in [2.75, 3.05) is 32.1 Å². The highest BCUT2D eigenvalue weighted by atomic mass is 16.5. The van der Waals surface area contributed by atoms with Gasteiger partial charge in [0, 0.05) is 23.7 Å². The molecule has 4 aliphatic rings. The number of ether oxygens (including phenoxy) is 2. The first kappa shape index (κ1) is 21.0. The van der Waals surface area contributed by atoms with E-state index in [-0.39, 0.29) is 23.6 Å². The van der Waals surface area contributed by atoms with E-state index >= 15 is 0 Å². The largest absolute Gasteiger partial charge is 0.497 e. The number of likely N-dealkylation sites (tertiary alicyclic amines) is 1. The fraction of sp³-hybridized carbons (Fsp3) is 0.519. The van der Waals surface area contributed by atoms with Crippen molar-refractivity contribution in [2.24, 2.45) is 5.92 Å². The number of anilines is 1. The lowest BCUT2D eigenvalue weighted by molar-refractivity contribution is -0.136. The average Bonchev–Trinajstić information content (AvgIpc) is 3.65. The lowest BCUT2D eigenvalue weighted by Gasteiger charge is -2.59. The molecule has 1 saturated carbocycles. The van der Waals surface area contributed by atoms with E-state index in [1.807, 2.05) is 30.3 Å². The van der Waals surface area contributed by atoms with Crippen LogP contribution < -0.4 is 15.4 Å². The Balaban J connectivity index is 1.27. The van der Waals surface area contributed by atoms with Crippen molar-refractivity contribution in [3.05, 3.63) is 59.7 Å². The molecule has 6 heteroatoms. The Morgan fingerprint density at radius 1 is 1.21 bits per heavy atom. The lowest BCUT2D eigenvalue weighted by Crippen LogP contribution is -2.68. The highest BCUT2D eigenvalue weighted by molar-refractivity contribution is 5.89. The molecular formula is C27H33N3O3. The summed E-state index contributed by atoms with van der Waals surface area (Å²) in [5.41, 5.74) is 3.49. The molecule has 2 bridgehead atoms. The Hall–Kier alpha value is -2.57. The fourth-order valence-electron chi connectivity index (χ4n) is 6.43. The predicted octanol–water partition coefficient (Wildman–Crippen LogP) is 3.95. The third kappa shape index (κ3) is 3.89. The summed E-state index contributed by atoms with van der Waals surface area (Å²) in [7, 11) is 1.73. The summed E-state index contributed by atoms with van der Waals surface area (Å²) >= 11 is 0. The number of urea groups is 1. The van der Waals surface area contributed by atoms with Gasteiger partial charge in [0.05, 0.1) is 25.9 Å². The number of hydrogen-bond donors (Lipinski definition) is 2. The number of rotatable bonds is 5. The van der Waals surface area contributed by atoms with Crippen LogP contribution >= 0.6 is 0 Å². The minimum absolute atomic E-state index is 0.0299. The Morgan fingerprint density at radius 3 is 2.85 bits per heavy atom. The number of amides is 2. The topological polar surface area (TPSA) is 62.8 Å². The quantitative estimate of drug-likeness (QED) is 0.729. The number of fused-ring (bicyclic) bond motifs is 1. The highest BCUT2D eigenvalue weighted by Crippen LogP contribution is 2.52. The molecule has 2 heterocycles. The van der Waals surface area contributed by atoms with Crippen molar-refractivity contribution < 1.29 is 14.3 Å². The molecule has 2 aliphatic carbocycles. The summed E-state index contributed by atoms with van der Waals surface area (Å²) in [5, 5.41) is 6.15. The first-order valence-corrected chi connectivity index (χ1v) is 12.3. The molecule has 33 heavy (non-hydrogen) atoms. The van der Waals surface area contributed by atoms with Gasteiger partial charge in [-0.05, 0) is 80.0 Å². The third-order valence-corrected chi connectivity index (χ3v) is 8.13. The van der Waals surface area contributed by atoms with Crippen molar-refractivity contribution in [3.8, 4) is 5.75 Å². The summed E-state index contributed by atoms with van der Waals surface area (Å²) < 4.78 is 12.2. The minimum Gasteiger partial charge on any atom is -0.497 e. The number of carbonyl (C=O) groups is 1. The second kappa shape index (κ2) is 8.33. The second-order valence-electron chi connectivity index (χ2n) is 10.3. The molecule has 4 atom stereocenters. The van der Waals surface area contributed by atoms with E-state index in [4.69, 9.17) is 9.47 Å². The maximum Gasteiger partial charge on any atom is 0.319 e. The molecule has 174 valence electrons. The standard InChI is InChI=1S/C27H33N3O3/c1-32-22-10-9-19-13-24-25-27(23(19)14-22,11-12-30(24)16-18-7-8-18)15-21(17-33-25)29-26(31)28-20-5-3-2-4-6-20/h2-6,9-10,14,18,21,24-25H,7-8,11-13,15-17H2,1H3,(H2,28,29,31)/t21?,24-,25?,27-/m1/s1. The van der Waals surface area contributed by atoms with Crippen LogP contribution in [-0.4, -0.2) is 55.9 Å². The number of nitrogens with one attached hydrogen (secondary N) is 2. The van der Waals surface area contributed by atoms with Crippen LogP contribution in [0.5, 0.6) is 5.75 Å². The van der Waals surface area contributed by atoms with Crippen LogP contribution in [0.2, 0.25) is 0 Å². The normalized spacial score (nSPS) is 30.6. The van der Waals surface area contributed by atoms with Gasteiger partial charge in [0.25, 0.3) is 0 Å². The number of benzene rings is 2. The molecule has 0 radical (unpaired) electrons. The van der Waals surface area contributed by atoms with Gasteiger partial charge < -0.3 is 20.1 Å². The predicted molar refractivity (Wildman–Crippen MR) is 128 cm³/mol. The zero-order valence-corrected chi connectivity index (χ0v) is 19.3. The molecule has 2 saturated heterocycles.